The van der Waals surface area contributed by atoms with Crippen LogP contribution in [0.3, 0.4) is 0 Å². The second-order valence-electron chi connectivity index (χ2n) is 4.94. The highest BCUT2D eigenvalue weighted by Crippen LogP contribution is 2.33. The molecule has 0 fully saturated rings. The number of aryl methyl sites for hydroxylation is 1. The first-order valence-electron chi connectivity index (χ1n) is 6.60. The number of carboxylic acid groups (broad SMARTS) is 1. The zero-order chi connectivity index (χ0) is 15.0. The average molecular weight is 280 g/mol. The fourth-order valence-corrected chi connectivity index (χ4v) is 2.65. The Labute approximate surface area is 121 Å². The topological polar surface area (TPSA) is 37.3 Å². The van der Waals surface area contributed by atoms with Gasteiger partial charge in [0, 0.05) is 0 Å². The molecule has 0 aliphatic heterocycles. The summed E-state index contributed by atoms with van der Waals surface area (Å²) in [7, 11) is 0. The number of fused-ring (bicyclic) bond motifs is 1. The highest BCUT2D eigenvalue weighted by atomic mass is 19.1. The van der Waals surface area contributed by atoms with E-state index in [2.05, 4.69) is 0 Å². The van der Waals surface area contributed by atoms with Gasteiger partial charge in [-0.25, -0.2) is 9.18 Å². The van der Waals surface area contributed by atoms with E-state index in [0.717, 1.165) is 21.9 Å². The standard InChI is InChI=1S/C18H13FO2/c1-11-9-10-14(13-6-3-2-5-12(11)13)15-7-4-8-16(19)17(15)18(20)21/h2-10H,1H3,(H,20,21). The van der Waals surface area contributed by atoms with Crippen LogP contribution in [0, 0.1) is 12.7 Å². The lowest BCUT2D eigenvalue weighted by molar-refractivity contribution is 0.0693. The zero-order valence-electron chi connectivity index (χ0n) is 11.4. The van der Waals surface area contributed by atoms with Crippen LogP contribution in [-0.2, 0) is 0 Å². The molecule has 3 heteroatoms. The Morgan fingerprint density at radius 1 is 0.905 bits per heavy atom. The first-order chi connectivity index (χ1) is 10.1. The van der Waals surface area contributed by atoms with Crippen molar-refractivity contribution < 1.29 is 14.3 Å². The van der Waals surface area contributed by atoms with Gasteiger partial charge in [-0.1, -0.05) is 48.5 Å². The van der Waals surface area contributed by atoms with Gasteiger partial charge in [-0.15, -0.1) is 0 Å². The van der Waals surface area contributed by atoms with E-state index in [9.17, 15) is 14.3 Å². The van der Waals surface area contributed by atoms with Gasteiger partial charge in [0.15, 0.2) is 0 Å². The molecule has 0 aliphatic rings. The van der Waals surface area contributed by atoms with Crippen LogP contribution in [0.2, 0.25) is 0 Å². The van der Waals surface area contributed by atoms with Crippen LogP contribution in [-0.4, -0.2) is 11.1 Å². The van der Waals surface area contributed by atoms with Crippen molar-refractivity contribution in [3.8, 4) is 11.1 Å². The lowest BCUT2D eigenvalue weighted by Gasteiger charge is -2.12. The second kappa shape index (κ2) is 5.02. The highest BCUT2D eigenvalue weighted by Gasteiger charge is 2.18. The van der Waals surface area contributed by atoms with Crippen LogP contribution in [0.1, 0.15) is 15.9 Å². The maximum absolute atomic E-state index is 13.9. The number of aromatic carboxylic acids is 1. The number of hydrogen-bond donors (Lipinski definition) is 1. The predicted molar refractivity (Wildman–Crippen MR) is 81.0 cm³/mol. The number of hydrogen-bond acceptors (Lipinski definition) is 1. The van der Waals surface area contributed by atoms with Gasteiger partial charge >= 0.3 is 5.97 Å². The van der Waals surface area contributed by atoms with Gasteiger partial charge in [0.1, 0.15) is 11.4 Å². The number of halogens is 1. The van der Waals surface area contributed by atoms with Crippen molar-refractivity contribution in [2.75, 3.05) is 0 Å². The molecule has 3 rings (SSSR count). The Balaban J connectivity index is 2.40. The molecule has 0 saturated carbocycles. The Bertz CT molecular complexity index is 853. The van der Waals surface area contributed by atoms with E-state index in [0.29, 0.717) is 5.56 Å². The first kappa shape index (κ1) is 13.3. The van der Waals surface area contributed by atoms with E-state index >= 15 is 0 Å². The van der Waals surface area contributed by atoms with Crippen LogP contribution in [0.25, 0.3) is 21.9 Å². The Hall–Kier alpha value is -2.68. The van der Waals surface area contributed by atoms with Gasteiger partial charge in [-0.2, -0.15) is 0 Å². The minimum absolute atomic E-state index is 0.286. The SMILES string of the molecule is Cc1ccc(-c2cccc(F)c2C(=O)O)c2ccccc12. The van der Waals surface area contributed by atoms with Gasteiger partial charge in [0.25, 0.3) is 0 Å². The molecule has 0 unspecified atom stereocenters. The summed E-state index contributed by atoms with van der Waals surface area (Å²) in [6.07, 6.45) is 0. The van der Waals surface area contributed by atoms with Gasteiger partial charge < -0.3 is 5.11 Å². The van der Waals surface area contributed by atoms with Crippen molar-refractivity contribution in [2.24, 2.45) is 0 Å². The second-order valence-corrected chi connectivity index (χ2v) is 4.94. The molecule has 0 heterocycles. The van der Waals surface area contributed by atoms with Gasteiger partial charge in [0.05, 0.1) is 0 Å². The lowest BCUT2D eigenvalue weighted by Crippen LogP contribution is -2.03. The normalized spacial score (nSPS) is 10.8. The molecule has 0 amide bonds. The van der Waals surface area contributed by atoms with Crippen LogP contribution in [0.5, 0.6) is 0 Å². The molecular formula is C18H13FO2. The first-order valence-corrected chi connectivity index (χ1v) is 6.60. The van der Waals surface area contributed by atoms with Gasteiger partial charge in [-0.3, -0.25) is 0 Å². The van der Waals surface area contributed by atoms with E-state index in [-0.39, 0.29) is 5.56 Å². The summed E-state index contributed by atoms with van der Waals surface area (Å²) < 4.78 is 13.9. The summed E-state index contributed by atoms with van der Waals surface area (Å²) in [5.41, 5.74) is 1.95. The molecular weight excluding hydrogens is 267 g/mol. The molecule has 0 spiro atoms. The maximum Gasteiger partial charge on any atom is 0.339 e. The summed E-state index contributed by atoms with van der Waals surface area (Å²) in [5.74, 6) is -1.97. The minimum atomic E-state index is -1.26. The van der Waals surface area contributed by atoms with E-state index in [1.165, 1.54) is 12.1 Å². The lowest BCUT2D eigenvalue weighted by atomic mass is 9.92. The molecule has 1 N–H and O–H groups in total. The maximum atomic E-state index is 13.9. The fourth-order valence-electron chi connectivity index (χ4n) is 2.65. The van der Waals surface area contributed by atoms with Crippen molar-refractivity contribution in [1.82, 2.24) is 0 Å². The van der Waals surface area contributed by atoms with Crippen molar-refractivity contribution in [3.05, 3.63) is 71.5 Å². The summed E-state index contributed by atoms with van der Waals surface area (Å²) in [5, 5.41) is 11.3. The van der Waals surface area contributed by atoms with E-state index in [1.807, 2.05) is 43.3 Å². The summed E-state index contributed by atoms with van der Waals surface area (Å²) in [6.45, 7) is 2.00. The van der Waals surface area contributed by atoms with Crippen LogP contribution < -0.4 is 0 Å². The molecule has 0 radical (unpaired) electrons. The molecule has 104 valence electrons. The van der Waals surface area contributed by atoms with Gasteiger partial charge in [-0.05, 0) is 40.5 Å². The molecule has 0 atom stereocenters. The quantitative estimate of drug-likeness (QED) is 0.741. The summed E-state index contributed by atoms with van der Waals surface area (Å²) in [4.78, 5) is 11.4. The number of rotatable bonds is 2. The fraction of sp³-hybridized carbons (Fsp3) is 0.0556. The molecule has 3 aromatic rings. The number of carboxylic acids is 1. The number of carbonyl (C=O) groups is 1. The van der Waals surface area contributed by atoms with E-state index in [1.54, 1.807) is 6.07 Å². The zero-order valence-corrected chi connectivity index (χ0v) is 11.4. The Morgan fingerprint density at radius 2 is 1.62 bits per heavy atom. The van der Waals surface area contributed by atoms with Gasteiger partial charge in [0.2, 0.25) is 0 Å². The van der Waals surface area contributed by atoms with Crippen molar-refractivity contribution in [2.45, 2.75) is 6.92 Å². The number of benzene rings is 3. The summed E-state index contributed by atoms with van der Waals surface area (Å²) in [6, 6.07) is 15.8. The van der Waals surface area contributed by atoms with Crippen LogP contribution in [0.4, 0.5) is 4.39 Å². The predicted octanol–water partition coefficient (Wildman–Crippen LogP) is 4.65. The smallest absolute Gasteiger partial charge is 0.339 e. The van der Waals surface area contributed by atoms with Crippen molar-refractivity contribution in [1.29, 1.82) is 0 Å². The van der Waals surface area contributed by atoms with E-state index in [4.69, 9.17) is 0 Å². The third-order valence-electron chi connectivity index (χ3n) is 3.66. The van der Waals surface area contributed by atoms with E-state index < -0.39 is 11.8 Å². The molecule has 21 heavy (non-hydrogen) atoms. The van der Waals surface area contributed by atoms with Crippen LogP contribution in [0.15, 0.2) is 54.6 Å². The monoisotopic (exact) mass is 280 g/mol. The summed E-state index contributed by atoms with van der Waals surface area (Å²) >= 11 is 0. The third-order valence-corrected chi connectivity index (χ3v) is 3.66. The largest absolute Gasteiger partial charge is 0.478 e. The Morgan fingerprint density at radius 3 is 2.33 bits per heavy atom. The average Bonchev–Trinajstić information content (AvgIpc) is 2.47. The third kappa shape index (κ3) is 2.17. The van der Waals surface area contributed by atoms with Crippen LogP contribution >= 0.6 is 0 Å². The molecule has 0 saturated heterocycles. The highest BCUT2D eigenvalue weighted by molar-refractivity contribution is 6.04. The van der Waals surface area contributed by atoms with Crippen molar-refractivity contribution >= 4 is 16.7 Å². The Kier molecular flexibility index (Phi) is 3.18. The molecule has 0 bridgehead atoms. The van der Waals surface area contributed by atoms with Crippen molar-refractivity contribution in [3.63, 3.8) is 0 Å². The minimum Gasteiger partial charge on any atom is -0.478 e. The molecule has 2 nitrogen and oxygen atoms in total. The molecule has 0 aliphatic carbocycles. The molecule has 0 aromatic heterocycles. The molecule has 3 aromatic carbocycles.